The number of hydrogen-bond donors (Lipinski definition) is 2. The molecule has 0 bridgehead atoms. The van der Waals surface area contributed by atoms with Crippen molar-refractivity contribution < 1.29 is 14.3 Å². The third-order valence-corrected chi connectivity index (χ3v) is 5.12. The van der Waals surface area contributed by atoms with Crippen LogP contribution in [0.5, 0.6) is 0 Å². The lowest BCUT2D eigenvalue weighted by atomic mass is 10.2. The largest absolute Gasteiger partial charge is 0.367 e. The van der Waals surface area contributed by atoms with Crippen molar-refractivity contribution >= 4 is 39.6 Å². The first-order chi connectivity index (χ1) is 10.9. The van der Waals surface area contributed by atoms with E-state index in [1.54, 1.807) is 11.6 Å². The van der Waals surface area contributed by atoms with E-state index in [1.165, 1.54) is 29.8 Å². The van der Waals surface area contributed by atoms with Gasteiger partial charge in [0.2, 0.25) is 5.91 Å². The summed E-state index contributed by atoms with van der Waals surface area (Å²) in [6.07, 6.45) is 0.980. The van der Waals surface area contributed by atoms with Crippen molar-refractivity contribution in [1.29, 1.82) is 0 Å². The van der Waals surface area contributed by atoms with Crippen molar-refractivity contribution in [3.05, 3.63) is 27.2 Å². The molecule has 3 N–H and O–H groups in total. The van der Waals surface area contributed by atoms with Gasteiger partial charge in [-0.3, -0.25) is 9.59 Å². The Hall–Kier alpha value is -1.84. The molecule has 9 heteroatoms. The fraction of sp³-hybridized carbons (Fsp3) is 0.429. The van der Waals surface area contributed by atoms with Crippen LogP contribution in [0.3, 0.4) is 0 Å². The maximum atomic E-state index is 12.0. The number of carbonyl (C=O) groups is 2. The normalized spacial score (nSPS) is 12.3. The fourth-order valence-corrected chi connectivity index (χ4v) is 3.54. The minimum absolute atomic E-state index is 0.0995. The SMILES string of the molecule is COC(C(N)=O)c1nc(CC(=O)Nc2ncc(C(C)C)s2)cs1. The Morgan fingerprint density at radius 1 is 1.43 bits per heavy atom. The summed E-state index contributed by atoms with van der Waals surface area (Å²) in [7, 11) is 1.39. The van der Waals surface area contributed by atoms with E-state index in [0.717, 1.165) is 4.88 Å². The highest BCUT2D eigenvalue weighted by molar-refractivity contribution is 7.15. The van der Waals surface area contributed by atoms with E-state index >= 15 is 0 Å². The molecule has 2 amide bonds. The van der Waals surface area contributed by atoms with E-state index in [4.69, 9.17) is 10.5 Å². The molecule has 7 nitrogen and oxygen atoms in total. The number of primary amides is 1. The van der Waals surface area contributed by atoms with E-state index in [-0.39, 0.29) is 12.3 Å². The van der Waals surface area contributed by atoms with Crippen molar-refractivity contribution in [2.75, 3.05) is 12.4 Å². The van der Waals surface area contributed by atoms with Crippen LogP contribution in [-0.4, -0.2) is 28.9 Å². The molecule has 0 spiro atoms. The van der Waals surface area contributed by atoms with Crippen LogP contribution in [0.1, 0.15) is 41.4 Å². The first-order valence-corrected chi connectivity index (χ1v) is 8.62. The summed E-state index contributed by atoms with van der Waals surface area (Å²) in [6.45, 7) is 4.14. The molecule has 2 aromatic rings. The second-order valence-electron chi connectivity index (χ2n) is 5.14. The van der Waals surface area contributed by atoms with Crippen LogP contribution in [0.25, 0.3) is 0 Å². The number of nitrogens with two attached hydrogens (primary N) is 1. The molecule has 1 atom stereocenters. The lowest BCUT2D eigenvalue weighted by Crippen LogP contribution is -2.22. The van der Waals surface area contributed by atoms with Gasteiger partial charge in [0, 0.05) is 23.6 Å². The minimum atomic E-state index is -0.885. The van der Waals surface area contributed by atoms with E-state index in [9.17, 15) is 9.59 Å². The summed E-state index contributed by atoms with van der Waals surface area (Å²) in [5, 5.41) is 5.48. The number of nitrogens with zero attached hydrogens (tertiary/aromatic N) is 2. The maximum absolute atomic E-state index is 12.0. The number of anilines is 1. The summed E-state index contributed by atoms with van der Waals surface area (Å²) >= 11 is 2.69. The van der Waals surface area contributed by atoms with Crippen LogP contribution in [0.2, 0.25) is 0 Å². The highest BCUT2D eigenvalue weighted by Crippen LogP contribution is 2.25. The topological polar surface area (TPSA) is 107 Å². The van der Waals surface area contributed by atoms with Crippen molar-refractivity contribution in [1.82, 2.24) is 9.97 Å². The third kappa shape index (κ3) is 4.57. The summed E-state index contributed by atoms with van der Waals surface area (Å²) in [5.41, 5.74) is 5.80. The Balaban J connectivity index is 1.97. The lowest BCUT2D eigenvalue weighted by Gasteiger charge is -2.06. The van der Waals surface area contributed by atoms with Gasteiger partial charge in [-0.25, -0.2) is 9.97 Å². The standard InChI is InChI=1S/C14H18N4O3S2/c1-7(2)9-5-16-14(23-9)18-10(19)4-8-6-22-13(17-8)11(21-3)12(15)20/h5-7,11H,4H2,1-3H3,(H2,15,20)(H,16,18,19). The van der Waals surface area contributed by atoms with E-state index in [2.05, 4.69) is 29.1 Å². The van der Waals surface area contributed by atoms with Gasteiger partial charge in [0.1, 0.15) is 5.01 Å². The van der Waals surface area contributed by atoms with Crippen LogP contribution in [-0.2, 0) is 20.7 Å². The monoisotopic (exact) mass is 354 g/mol. The molecule has 0 aliphatic heterocycles. The molecule has 0 radical (unpaired) electrons. The van der Waals surface area contributed by atoms with Gasteiger partial charge in [-0.05, 0) is 5.92 Å². The van der Waals surface area contributed by atoms with Gasteiger partial charge in [0.05, 0.1) is 12.1 Å². The van der Waals surface area contributed by atoms with Crippen molar-refractivity contribution in [3.63, 3.8) is 0 Å². The van der Waals surface area contributed by atoms with Gasteiger partial charge in [-0.2, -0.15) is 0 Å². The molecule has 2 heterocycles. The number of carbonyl (C=O) groups excluding carboxylic acids is 2. The molecule has 0 aromatic carbocycles. The first kappa shape index (κ1) is 17.5. The number of nitrogens with one attached hydrogen (secondary N) is 1. The van der Waals surface area contributed by atoms with Gasteiger partial charge in [-0.15, -0.1) is 22.7 Å². The van der Waals surface area contributed by atoms with Crippen molar-refractivity contribution in [2.24, 2.45) is 5.73 Å². The number of aromatic nitrogens is 2. The quantitative estimate of drug-likeness (QED) is 0.791. The Bertz CT molecular complexity index is 696. The van der Waals surface area contributed by atoms with E-state index in [1.807, 2.05) is 0 Å². The third-order valence-electron chi connectivity index (χ3n) is 2.97. The Kier molecular flexibility index (Phi) is 5.80. The average molecular weight is 354 g/mol. The summed E-state index contributed by atoms with van der Waals surface area (Å²) in [6, 6.07) is 0. The molecule has 2 aromatic heterocycles. The van der Waals surface area contributed by atoms with E-state index in [0.29, 0.717) is 21.8 Å². The predicted molar refractivity (Wildman–Crippen MR) is 89.6 cm³/mol. The molecule has 124 valence electrons. The number of amides is 2. The first-order valence-electron chi connectivity index (χ1n) is 6.92. The van der Waals surface area contributed by atoms with Gasteiger partial charge in [0.15, 0.2) is 11.2 Å². The molecule has 0 fully saturated rings. The Morgan fingerprint density at radius 3 is 2.74 bits per heavy atom. The van der Waals surface area contributed by atoms with Crippen LogP contribution in [0.15, 0.2) is 11.6 Å². The molecule has 0 aliphatic carbocycles. The molecular weight excluding hydrogens is 336 g/mol. The van der Waals surface area contributed by atoms with Crippen LogP contribution in [0.4, 0.5) is 5.13 Å². The molecule has 1 unspecified atom stereocenters. The average Bonchev–Trinajstić information content (AvgIpc) is 3.09. The number of thiazole rings is 2. The second kappa shape index (κ2) is 7.62. The number of ether oxygens (including phenoxy) is 1. The Morgan fingerprint density at radius 2 is 2.17 bits per heavy atom. The number of hydrogen-bond acceptors (Lipinski definition) is 7. The molecule has 0 saturated heterocycles. The summed E-state index contributed by atoms with van der Waals surface area (Å²) in [4.78, 5) is 32.8. The van der Waals surface area contributed by atoms with Crippen LogP contribution >= 0.6 is 22.7 Å². The van der Waals surface area contributed by atoms with Crippen LogP contribution < -0.4 is 11.1 Å². The van der Waals surface area contributed by atoms with Gasteiger partial charge in [-0.1, -0.05) is 13.8 Å². The summed E-state index contributed by atoms with van der Waals surface area (Å²) < 4.78 is 5.00. The fourth-order valence-electron chi connectivity index (χ4n) is 1.80. The molecule has 0 saturated carbocycles. The lowest BCUT2D eigenvalue weighted by molar-refractivity contribution is -0.128. The highest BCUT2D eigenvalue weighted by atomic mass is 32.1. The molecule has 23 heavy (non-hydrogen) atoms. The Labute approximate surface area is 141 Å². The number of rotatable bonds is 7. The second-order valence-corrected chi connectivity index (χ2v) is 7.09. The summed E-state index contributed by atoms with van der Waals surface area (Å²) in [5.74, 6) is -0.444. The zero-order valence-corrected chi connectivity index (χ0v) is 14.7. The minimum Gasteiger partial charge on any atom is -0.367 e. The van der Waals surface area contributed by atoms with Crippen molar-refractivity contribution in [2.45, 2.75) is 32.3 Å². The zero-order valence-electron chi connectivity index (χ0n) is 13.0. The van der Waals surface area contributed by atoms with Gasteiger partial charge < -0.3 is 15.8 Å². The van der Waals surface area contributed by atoms with Gasteiger partial charge >= 0.3 is 0 Å². The highest BCUT2D eigenvalue weighted by Gasteiger charge is 2.21. The van der Waals surface area contributed by atoms with E-state index < -0.39 is 12.0 Å². The maximum Gasteiger partial charge on any atom is 0.253 e. The zero-order chi connectivity index (χ0) is 17.0. The van der Waals surface area contributed by atoms with Crippen molar-refractivity contribution in [3.8, 4) is 0 Å². The smallest absolute Gasteiger partial charge is 0.253 e. The predicted octanol–water partition coefficient (Wildman–Crippen LogP) is 2.08. The molecule has 0 aliphatic rings. The molecule has 2 rings (SSSR count). The van der Waals surface area contributed by atoms with Crippen LogP contribution in [0, 0.1) is 0 Å². The molecular formula is C14H18N4O3S2. The number of methoxy groups -OCH3 is 1. The van der Waals surface area contributed by atoms with Gasteiger partial charge in [0.25, 0.3) is 5.91 Å².